The molecule has 0 fully saturated rings. The second kappa shape index (κ2) is 10.0. The van der Waals surface area contributed by atoms with Crippen molar-refractivity contribution in [1.29, 1.82) is 0 Å². The van der Waals surface area contributed by atoms with Crippen LogP contribution in [0.15, 0.2) is 52.0 Å². The van der Waals surface area contributed by atoms with Gasteiger partial charge in [-0.15, -0.1) is 0 Å². The molecule has 1 amide bonds. The van der Waals surface area contributed by atoms with Crippen molar-refractivity contribution >= 4 is 21.9 Å². The van der Waals surface area contributed by atoms with E-state index in [1.54, 1.807) is 19.2 Å². The lowest BCUT2D eigenvalue weighted by Gasteiger charge is -2.16. The monoisotopic (exact) mass is 408 g/mol. The molecule has 2 rings (SSSR count). The van der Waals surface area contributed by atoms with E-state index < -0.39 is 16.0 Å². The summed E-state index contributed by atoms with van der Waals surface area (Å²) in [6.07, 6.45) is 3.29. The fourth-order valence-electron chi connectivity index (χ4n) is 2.27. The minimum Gasteiger partial charge on any atom is -0.468 e. The minimum atomic E-state index is -3.75. The first-order valence-electron chi connectivity index (χ1n) is 8.86. The predicted octanol–water partition coefficient (Wildman–Crippen LogP) is 2.17. The number of esters is 1. The average molecular weight is 408 g/mol. The van der Waals surface area contributed by atoms with Crippen LogP contribution >= 0.6 is 0 Å². The Bertz CT molecular complexity index is 876. The maximum atomic E-state index is 12.3. The molecule has 152 valence electrons. The number of carbonyl (C=O) groups is 2. The first kappa shape index (κ1) is 21.6. The highest BCUT2D eigenvalue weighted by Gasteiger charge is 2.17. The largest absolute Gasteiger partial charge is 0.468 e. The zero-order valence-corrected chi connectivity index (χ0v) is 16.7. The van der Waals surface area contributed by atoms with Crippen LogP contribution < -0.4 is 4.72 Å². The molecule has 0 aliphatic rings. The highest BCUT2D eigenvalue weighted by atomic mass is 32.2. The number of ether oxygens (including phenoxy) is 1. The molecule has 0 aliphatic carbocycles. The van der Waals surface area contributed by atoms with Crippen LogP contribution in [-0.2, 0) is 26.1 Å². The standard InChI is InChI=1S/C19H24N2O6S/c1-3-4-11-21(2)18(22)14-27-19(23)15-7-9-17(10-8-15)28(24,25)20-13-16-6-5-12-26-16/h5-10,12,20H,3-4,11,13-14H2,1-2H3. The van der Waals surface area contributed by atoms with Crippen molar-refractivity contribution in [2.45, 2.75) is 31.2 Å². The molecule has 1 aromatic heterocycles. The van der Waals surface area contributed by atoms with Crippen molar-refractivity contribution in [1.82, 2.24) is 9.62 Å². The molecule has 28 heavy (non-hydrogen) atoms. The predicted molar refractivity (Wildman–Crippen MR) is 102 cm³/mol. The Morgan fingerprint density at radius 2 is 1.89 bits per heavy atom. The van der Waals surface area contributed by atoms with Gasteiger partial charge >= 0.3 is 5.97 Å². The molecule has 0 bridgehead atoms. The number of carbonyl (C=O) groups excluding carboxylic acids is 2. The molecular formula is C19H24N2O6S. The summed E-state index contributed by atoms with van der Waals surface area (Å²) in [7, 11) is -2.09. The summed E-state index contributed by atoms with van der Waals surface area (Å²) in [4.78, 5) is 25.5. The molecule has 0 saturated carbocycles. The summed E-state index contributed by atoms with van der Waals surface area (Å²) in [5, 5.41) is 0. The van der Waals surface area contributed by atoms with Gasteiger partial charge in [0, 0.05) is 13.6 Å². The Balaban J connectivity index is 1.90. The van der Waals surface area contributed by atoms with E-state index in [4.69, 9.17) is 9.15 Å². The van der Waals surface area contributed by atoms with Crippen molar-refractivity contribution in [3.05, 3.63) is 54.0 Å². The second-order valence-electron chi connectivity index (χ2n) is 6.17. The quantitative estimate of drug-likeness (QED) is 0.604. The van der Waals surface area contributed by atoms with Gasteiger partial charge in [0.2, 0.25) is 10.0 Å². The third-order valence-electron chi connectivity index (χ3n) is 4.02. The van der Waals surface area contributed by atoms with E-state index in [0.717, 1.165) is 12.8 Å². The van der Waals surface area contributed by atoms with Gasteiger partial charge in [-0.25, -0.2) is 17.9 Å². The fraction of sp³-hybridized carbons (Fsp3) is 0.368. The van der Waals surface area contributed by atoms with E-state index in [0.29, 0.717) is 12.3 Å². The molecule has 1 heterocycles. The van der Waals surface area contributed by atoms with E-state index in [9.17, 15) is 18.0 Å². The summed E-state index contributed by atoms with van der Waals surface area (Å²) in [6, 6.07) is 8.61. The zero-order chi connectivity index (χ0) is 20.6. The Labute approximate surface area is 164 Å². The summed E-state index contributed by atoms with van der Waals surface area (Å²) >= 11 is 0. The Hall–Kier alpha value is -2.65. The van der Waals surface area contributed by atoms with E-state index >= 15 is 0 Å². The van der Waals surface area contributed by atoms with E-state index in [1.165, 1.54) is 35.4 Å². The summed E-state index contributed by atoms with van der Waals surface area (Å²) in [5.74, 6) is -0.495. The average Bonchev–Trinajstić information content (AvgIpc) is 3.22. The normalized spacial score (nSPS) is 11.2. The van der Waals surface area contributed by atoms with Gasteiger partial charge < -0.3 is 14.1 Å². The van der Waals surface area contributed by atoms with Crippen molar-refractivity contribution in [3.8, 4) is 0 Å². The van der Waals surface area contributed by atoms with Crippen molar-refractivity contribution in [3.63, 3.8) is 0 Å². The number of rotatable bonds is 10. The number of hydrogen-bond acceptors (Lipinski definition) is 6. The van der Waals surface area contributed by atoms with Crippen LogP contribution in [0.4, 0.5) is 0 Å². The molecule has 0 spiro atoms. The summed E-state index contributed by atoms with van der Waals surface area (Å²) < 4.78 is 37.0. The molecular weight excluding hydrogens is 384 g/mol. The number of hydrogen-bond donors (Lipinski definition) is 1. The molecule has 0 aliphatic heterocycles. The molecule has 0 atom stereocenters. The van der Waals surface area contributed by atoms with E-state index in [2.05, 4.69) is 4.72 Å². The number of furan rings is 1. The third kappa shape index (κ3) is 6.21. The van der Waals surface area contributed by atoms with Gasteiger partial charge in [0.05, 0.1) is 23.3 Å². The SMILES string of the molecule is CCCCN(C)C(=O)COC(=O)c1ccc(S(=O)(=O)NCc2ccco2)cc1. The lowest BCUT2D eigenvalue weighted by atomic mass is 10.2. The van der Waals surface area contributed by atoms with Crippen LogP contribution in [0.3, 0.4) is 0 Å². The topological polar surface area (TPSA) is 106 Å². The summed E-state index contributed by atoms with van der Waals surface area (Å²) in [6.45, 7) is 2.29. The molecule has 1 aromatic carbocycles. The number of amides is 1. The van der Waals surface area contributed by atoms with Crippen LogP contribution in [0, 0.1) is 0 Å². The fourth-order valence-corrected chi connectivity index (χ4v) is 3.27. The minimum absolute atomic E-state index is 0.00554. The van der Waals surface area contributed by atoms with Gasteiger partial charge in [0.25, 0.3) is 5.91 Å². The van der Waals surface area contributed by atoms with Gasteiger partial charge in [0.1, 0.15) is 5.76 Å². The molecule has 0 unspecified atom stereocenters. The van der Waals surface area contributed by atoms with Crippen LogP contribution in [0.1, 0.15) is 35.9 Å². The lowest BCUT2D eigenvalue weighted by molar-refractivity contribution is -0.133. The molecule has 1 N–H and O–H groups in total. The first-order valence-corrected chi connectivity index (χ1v) is 10.3. The summed E-state index contributed by atoms with van der Waals surface area (Å²) in [5.41, 5.74) is 0.161. The van der Waals surface area contributed by atoms with E-state index in [1.807, 2.05) is 6.92 Å². The second-order valence-corrected chi connectivity index (χ2v) is 7.94. The number of nitrogens with zero attached hydrogens (tertiary/aromatic N) is 1. The molecule has 9 heteroatoms. The van der Waals surface area contributed by atoms with E-state index in [-0.39, 0.29) is 29.5 Å². The van der Waals surface area contributed by atoms with Crippen molar-refractivity contribution in [2.75, 3.05) is 20.2 Å². The third-order valence-corrected chi connectivity index (χ3v) is 5.43. The number of sulfonamides is 1. The van der Waals surface area contributed by atoms with Gasteiger partial charge in [0.15, 0.2) is 6.61 Å². The lowest BCUT2D eigenvalue weighted by Crippen LogP contribution is -2.32. The van der Waals surface area contributed by atoms with Crippen LogP contribution in [-0.4, -0.2) is 45.4 Å². The van der Waals surface area contributed by atoms with Crippen LogP contribution in [0.2, 0.25) is 0 Å². The number of benzene rings is 1. The Morgan fingerprint density at radius 3 is 2.50 bits per heavy atom. The molecule has 0 radical (unpaired) electrons. The van der Waals surface area contributed by atoms with Crippen LogP contribution in [0.5, 0.6) is 0 Å². The molecule has 8 nitrogen and oxygen atoms in total. The number of unbranched alkanes of at least 4 members (excludes halogenated alkanes) is 1. The first-order chi connectivity index (χ1) is 13.3. The van der Waals surface area contributed by atoms with Crippen LogP contribution in [0.25, 0.3) is 0 Å². The van der Waals surface area contributed by atoms with Crippen molar-refractivity contribution < 1.29 is 27.2 Å². The zero-order valence-electron chi connectivity index (χ0n) is 15.9. The Kier molecular flexibility index (Phi) is 7.77. The van der Waals surface area contributed by atoms with Gasteiger partial charge in [-0.05, 0) is 42.8 Å². The van der Waals surface area contributed by atoms with Crippen molar-refractivity contribution in [2.24, 2.45) is 0 Å². The maximum Gasteiger partial charge on any atom is 0.338 e. The van der Waals surface area contributed by atoms with Gasteiger partial charge in [-0.1, -0.05) is 13.3 Å². The number of nitrogens with one attached hydrogen (secondary N) is 1. The smallest absolute Gasteiger partial charge is 0.338 e. The highest BCUT2D eigenvalue weighted by molar-refractivity contribution is 7.89. The number of likely N-dealkylation sites (N-methyl/N-ethyl adjacent to an activating group) is 1. The van der Waals surface area contributed by atoms with Gasteiger partial charge in [-0.2, -0.15) is 0 Å². The Morgan fingerprint density at radius 1 is 1.18 bits per heavy atom. The molecule has 2 aromatic rings. The highest BCUT2D eigenvalue weighted by Crippen LogP contribution is 2.12. The maximum absolute atomic E-state index is 12.3. The molecule has 0 saturated heterocycles. The van der Waals surface area contributed by atoms with Gasteiger partial charge in [-0.3, -0.25) is 4.79 Å².